The Morgan fingerprint density at radius 2 is 1.67 bits per heavy atom. The monoisotopic (exact) mass is 328 g/mol. The van der Waals surface area contributed by atoms with E-state index in [9.17, 15) is 9.59 Å². The van der Waals surface area contributed by atoms with E-state index in [0.29, 0.717) is 5.56 Å². The highest BCUT2D eigenvalue weighted by Gasteiger charge is 2.29. The Balaban J connectivity index is 2.17. The molecule has 2 amide bonds. The molecule has 0 fully saturated rings. The summed E-state index contributed by atoms with van der Waals surface area (Å²) in [4.78, 5) is 25.5. The standard InChI is InChI=1S/C20H28N2O2/c1-20(2,3)22(19(24)17-14-10-7-11-15-17)21-18(23)16-12-8-5-4-6-9-13-16/h7,10-12,14-15H,4-6,8-9,13H2,1-3H3,(H,21,23)/b16-12+. The van der Waals surface area contributed by atoms with Gasteiger partial charge in [0.05, 0.1) is 5.54 Å². The normalized spacial score (nSPS) is 17.9. The lowest BCUT2D eigenvalue weighted by Gasteiger charge is -2.35. The van der Waals surface area contributed by atoms with E-state index in [2.05, 4.69) is 5.43 Å². The van der Waals surface area contributed by atoms with E-state index >= 15 is 0 Å². The Hall–Kier alpha value is -2.10. The van der Waals surface area contributed by atoms with Gasteiger partial charge in [-0.3, -0.25) is 15.0 Å². The molecule has 24 heavy (non-hydrogen) atoms. The Labute approximate surface area is 144 Å². The summed E-state index contributed by atoms with van der Waals surface area (Å²) in [6.45, 7) is 5.75. The maximum Gasteiger partial charge on any atom is 0.272 e. The number of carbonyl (C=O) groups excluding carboxylic acids is 2. The van der Waals surface area contributed by atoms with Gasteiger partial charge in [-0.05, 0) is 58.6 Å². The Morgan fingerprint density at radius 1 is 1.00 bits per heavy atom. The van der Waals surface area contributed by atoms with Crippen LogP contribution in [0, 0.1) is 0 Å². The molecule has 1 N–H and O–H groups in total. The van der Waals surface area contributed by atoms with Gasteiger partial charge in [-0.2, -0.15) is 0 Å². The molecule has 0 unspecified atom stereocenters. The molecule has 1 aliphatic carbocycles. The molecule has 1 aromatic carbocycles. The van der Waals surface area contributed by atoms with Crippen LogP contribution < -0.4 is 5.43 Å². The number of rotatable bonds is 2. The minimum Gasteiger partial charge on any atom is -0.268 e. The predicted octanol–water partition coefficient (Wildman–Crippen LogP) is 4.24. The van der Waals surface area contributed by atoms with Gasteiger partial charge in [-0.25, -0.2) is 5.01 Å². The summed E-state index contributed by atoms with van der Waals surface area (Å²) in [7, 11) is 0. The molecule has 4 heteroatoms. The highest BCUT2D eigenvalue weighted by Crippen LogP contribution is 2.19. The van der Waals surface area contributed by atoms with Crippen molar-refractivity contribution < 1.29 is 9.59 Å². The Kier molecular flexibility index (Phi) is 6.18. The smallest absolute Gasteiger partial charge is 0.268 e. The molecular weight excluding hydrogens is 300 g/mol. The van der Waals surface area contributed by atoms with Crippen molar-refractivity contribution in [2.75, 3.05) is 0 Å². The molecule has 0 heterocycles. The summed E-state index contributed by atoms with van der Waals surface area (Å²) in [6, 6.07) is 9.06. The topological polar surface area (TPSA) is 49.4 Å². The van der Waals surface area contributed by atoms with E-state index in [0.717, 1.165) is 37.7 Å². The molecule has 130 valence electrons. The minimum absolute atomic E-state index is 0.156. The number of carbonyl (C=O) groups is 2. The third-order valence-electron chi connectivity index (χ3n) is 4.19. The van der Waals surface area contributed by atoms with Crippen LogP contribution in [0.5, 0.6) is 0 Å². The van der Waals surface area contributed by atoms with E-state index in [1.54, 1.807) is 12.1 Å². The maximum absolute atomic E-state index is 12.8. The number of hydrogen-bond acceptors (Lipinski definition) is 2. The van der Waals surface area contributed by atoms with E-state index in [-0.39, 0.29) is 11.8 Å². The van der Waals surface area contributed by atoms with Crippen molar-refractivity contribution in [3.05, 3.63) is 47.5 Å². The van der Waals surface area contributed by atoms with Gasteiger partial charge < -0.3 is 0 Å². The zero-order valence-electron chi connectivity index (χ0n) is 15.0. The van der Waals surface area contributed by atoms with Crippen LogP contribution in [0.15, 0.2) is 42.0 Å². The summed E-state index contributed by atoms with van der Waals surface area (Å²) < 4.78 is 0. The van der Waals surface area contributed by atoms with Crippen LogP contribution in [0.2, 0.25) is 0 Å². The van der Waals surface area contributed by atoms with Gasteiger partial charge in [0.15, 0.2) is 0 Å². The van der Waals surface area contributed by atoms with Crippen LogP contribution in [-0.2, 0) is 4.79 Å². The van der Waals surface area contributed by atoms with E-state index in [1.807, 2.05) is 45.0 Å². The molecule has 0 spiro atoms. The van der Waals surface area contributed by atoms with Crippen LogP contribution in [0.1, 0.15) is 69.7 Å². The van der Waals surface area contributed by atoms with Crippen molar-refractivity contribution in [3.8, 4) is 0 Å². The average molecular weight is 328 g/mol. The second kappa shape index (κ2) is 8.13. The van der Waals surface area contributed by atoms with E-state index < -0.39 is 5.54 Å². The highest BCUT2D eigenvalue weighted by molar-refractivity contribution is 5.99. The minimum atomic E-state index is -0.509. The van der Waals surface area contributed by atoms with Crippen LogP contribution >= 0.6 is 0 Å². The molecule has 0 saturated heterocycles. The number of amides is 2. The number of nitrogens with one attached hydrogen (secondary N) is 1. The number of allylic oxidation sites excluding steroid dienone is 1. The Bertz CT molecular complexity index is 600. The van der Waals surface area contributed by atoms with Gasteiger partial charge >= 0.3 is 0 Å². The van der Waals surface area contributed by atoms with Gasteiger partial charge in [0.1, 0.15) is 0 Å². The van der Waals surface area contributed by atoms with Crippen LogP contribution in [-0.4, -0.2) is 22.4 Å². The molecule has 0 saturated carbocycles. The van der Waals surface area contributed by atoms with E-state index in [4.69, 9.17) is 0 Å². The summed E-state index contributed by atoms with van der Waals surface area (Å²) in [5, 5.41) is 1.45. The number of nitrogens with zero attached hydrogens (tertiary/aromatic N) is 1. The third kappa shape index (κ3) is 4.95. The van der Waals surface area contributed by atoms with Gasteiger partial charge in [0.25, 0.3) is 11.8 Å². The van der Waals surface area contributed by atoms with Crippen LogP contribution in [0.25, 0.3) is 0 Å². The van der Waals surface area contributed by atoms with Crippen molar-refractivity contribution in [3.63, 3.8) is 0 Å². The molecule has 0 aromatic heterocycles. The van der Waals surface area contributed by atoms with Crippen LogP contribution in [0.4, 0.5) is 0 Å². The third-order valence-corrected chi connectivity index (χ3v) is 4.19. The maximum atomic E-state index is 12.8. The highest BCUT2D eigenvalue weighted by atomic mass is 16.2. The number of hydrazine groups is 1. The first kappa shape index (κ1) is 18.2. The van der Waals surface area contributed by atoms with Gasteiger partial charge in [-0.15, -0.1) is 0 Å². The van der Waals surface area contributed by atoms with Crippen molar-refractivity contribution in [2.45, 2.75) is 64.8 Å². The molecule has 0 atom stereocenters. The zero-order valence-corrected chi connectivity index (χ0v) is 15.0. The summed E-state index contributed by atoms with van der Waals surface area (Å²) >= 11 is 0. The average Bonchev–Trinajstić information content (AvgIpc) is 2.51. The fourth-order valence-corrected chi connectivity index (χ4v) is 2.80. The zero-order chi connectivity index (χ0) is 17.6. The lowest BCUT2D eigenvalue weighted by molar-refractivity contribution is -0.123. The largest absolute Gasteiger partial charge is 0.272 e. The Morgan fingerprint density at radius 3 is 2.33 bits per heavy atom. The number of benzene rings is 1. The van der Waals surface area contributed by atoms with Crippen molar-refractivity contribution in [2.24, 2.45) is 0 Å². The summed E-state index contributed by atoms with van der Waals surface area (Å²) in [5.74, 6) is -0.348. The molecule has 4 nitrogen and oxygen atoms in total. The van der Waals surface area contributed by atoms with Crippen molar-refractivity contribution in [1.29, 1.82) is 0 Å². The first-order valence-corrected chi connectivity index (χ1v) is 8.79. The lowest BCUT2D eigenvalue weighted by atomic mass is 9.99. The van der Waals surface area contributed by atoms with Crippen molar-refractivity contribution >= 4 is 11.8 Å². The molecule has 0 radical (unpaired) electrons. The van der Waals surface area contributed by atoms with Crippen molar-refractivity contribution in [1.82, 2.24) is 10.4 Å². The SMILES string of the molecule is CC(C)(C)N(NC(=O)/C1=C/CCCCCC1)C(=O)c1ccccc1. The predicted molar refractivity (Wildman–Crippen MR) is 96.3 cm³/mol. The lowest BCUT2D eigenvalue weighted by Crippen LogP contribution is -2.56. The van der Waals surface area contributed by atoms with Gasteiger partial charge in [0.2, 0.25) is 0 Å². The molecule has 0 aliphatic heterocycles. The molecular formula is C20H28N2O2. The summed E-state index contributed by atoms with van der Waals surface area (Å²) in [6.07, 6.45) is 8.29. The quantitative estimate of drug-likeness (QED) is 0.826. The molecule has 2 rings (SSSR count). The second-order valence-corrected chi connectivity index (χ2v) is 7.30. The molecule has 1 aromatic rings. The number of hydrogen-bond donors (Lipinski definition) is 1. The van der Waals surface area contributed by atoms with Gasteiger partial charge in [-0.1, -0.05) is 37.1 Å². The fraction of sp³-hybridized carbons (Fsp3) is 0.500. The molecule has 1 aliphatic rings. The first-order valence-electron chi connectivity index (χ1n) is 8.79. The first-order chi connectivity index (χ1) is 11.4. The van der Waals surface area contributed by atoms with Gasteiger partial charge in [0, 0.05) is 11.1 Å². The van der Waals surface area contributed by atoms with E-state index in [1.165, 1.54) is 11.4 Å². The van der Waals surface area contributed by atoms with Crippen LogP contribution in [0.3, 0.4) is 0 Å². The summed E-state index contributed by atoms with van der Waals surface area (Å²) in [5.41, 5.74) is 3.71. The second-order valence-electron chi connectivity index (χ2n) is 7.30. The fourth-order valence-electron chi connectivity index (χ4n) is 2.80. The molecule has 0 bridgehead atoms.